The van der Waals surface area contributed by atoms with Crippen LogP contribution in [0.4, 0.5) is 0 Å². The van der Waals surface area contributed by atoms with Gasteiger partial charge < -0.3 is 9.30 Å². The van der Waals surface area contributed by atoms with Gasteiger partial charge in [-0.3, -0.25) is 9.59 Å². The Morgan fingerprint density at radius 1 is 1.10 bits per heavy atom. The van der Waals surface area contributed by atoms with Gasteiger partial charge in [0.15, 0.2) is 4.80 Å². The van der Waals surface area contributed by atoms with Crippen LogP contribution in [0.1, 0.15) is 17.3 Å². The number of fused-ring (bicyclic) bond motifs is 3. The molecule has 4 rings (SSSR count). The molecule has 1 aromatic heterocycles. The summed E-state index contributed by atoms with van der Waals surface area (Å²) < 4.78 is 8.66. The third-order valence-corrected chi connectivity index (χ3v) is 6.06. The average Bonchev–Trinajstić information content (AvgIpc) is 3.05. The highest BCUT2D eigenvalue weighted by Crippen LogP contribution is 2.27. The number of carbonyl (C=O) groups excluding carboxylic acids is 2. The van der Waals surface area contributed by atoms with Crippen LogP contribution in [0.2, 0.25) is 0 Å². The van der Waals surface area contributed by atoms with E-state index < -0.39 is 0 Å². The van der Waals surface area contributed by atoms with E-state index in [1.165, 1.54) is 11.3 Å². The summed E-state index contributed by atoms with van der Waals surface area (Å²) in [5, 5.41) is 2.15. The van der Waals surface area contributed by atoms with E-state index in [0.717, 1.165) is 25.5 Å². The monoisotopic (exact) mass is 468 g/mol. The van der Waals surface area contributed by atoms with E-state index >= 15 is 0 Å². The molecule has 0 aliphatic carbocycles. The molecular weight excluding hydrogens is 452 g/mol. The Morgan fingerprint density at radius 2 is 1.93 bits per heavy atom. The van der Waals surface area contributed by atoms with Crippen molar-refractivity contribution in [3.63, 3.8) is 0 Å². The molecule has 0 atom stereocenters. The van der Waals surface area contributed by atoms with Gasteiger partial charge in [0.05, 0.1) is 16.8 Å². The Morgan fingerprint density at radius 3 is 2.72 bits per heavy atom. The fraction of sp³-hybridized carbons (Fsp3) is 0.136. The van der Waals surface area contributed by atoms with Gasteiger partial charge in [0.1, 0.15) is 6.54 Å². The summed E-state index contributed by atoms with van der Waals surface area (Å²) in [6.45, 7) is 2.06. The summed E-state index contributed by atoms with van der Waals surface area (Å²) in [6, 6.07) is 19.1. The Labute approximate surface area is 179 Å². The lowest BCUT2D eigenvalue weighted by Gasteiger charge is -2.06. The van der Waals surface area contributed by atoms with Crippen LogP contribution in [-0.2, 0) is 16.1 Å². The summed E-state index contributed by atoms with van der Waals surface area (Å²) in [5.41, 5.74) is 1.33. The topological polar surface area (TPSA) is 60.7 Å². The molecule has 0 fully saturated rings. The van der Waals surface area contributed by atoms with Crippen molar-refractivity contribution < 1.29 is 14.3 Å². The zero-order chi connectivity index (χ0) is 20.4. The molecule has 0 unspecified atom stereocenters. The molecule has 0 aliphatic rings. The minimum absolute atomic E-state index is 0.00320. The first kappa shape index (κ1) is 19.5. The Balaban J connectivity index is 1.92. The molecule has 0 saturated heterocycles. The molecule has 146 valence electrons. The van der Waals surface area contributed by atoms with Gasteiger partial charge in [-0.15, -0.1) is 0 Å². The van der Waals surface area contributed by atoms with E-state index in [0.29, 0.717) is 17.0 Å². The maximum atomic E-state index is 12.8. The lowest BCUT2D eigenvalue weighted by molar-refractivity contribution is -0.143. The summed E-state index contributed by atoms with van der Waals surface area (Å²) >= 11 is 4.77. The number of hydrogen-bond acceptors (Lipinski definition) is 4. The van der Waals surface area contributed by atoms with Crippen molar-refractivity contribution in [2.75, 3.05) is 6.61 Å². The normalized spacial score (nSPS) is 11.9. The van der Waals surface area contributed by atoms with Gasteiger partial charge in [-0.1, -0.05) is 63.7 Å². The minimum Gasteiger partial charge on any atom is -0.465 e. The van der Waals surface area contributed by atoms with E-state index in [-0.39, 0.29) is 18.4 Å². The van der Waals surface area contributed by atoms with Crippen LogP contribution in [0.15, 0.2) is 70.1 Å². The van der Waals surface area contributed by atoms with E-state index in [1.54, 1.807) is 29.7 Å². The highest BCUT2D eigenvalue weighted by molar-refractivity contribution is 9.10. The van der Waals surface area contributed by atoms with Crippen LogP contribution in [0, 0.1) is 0 Å². The van der Waals surface area contributed by atoms with Crippen molar-refractivity contribution in [2.24, 2.45) is 4.99 Å². The van der Waals surface area contributed by atoms with Crippen molar-refractivity contribution >= 4 is 60.1 Å². The van der Waals surface area contributed by atoms with Crippen molar-refractivity contribution in [1.29, 1.82) is 0 Å². The summed E-state index contributed by atoms with van der Waals surface area (Å²) in [5.74, 6) is -0.725. The number of amides is 1. The molecule has 29 heavy (non-hydrogen) atoms. The molecule has 0 aliphatic heterocycles. The van der Waals surface area contributed by atoms with Crippen LogP contribution in [-0.4, -0.2) is 23.1 Å². The zero-order valence-electron chi connectivity index (χ0n) is 15.6. The molecule has 1 heterocycles. The van der Waals surface area contributed by atoms with Crippen LogP contribution >= 0.6 is 27.3 Å². The molecule has 7 heteroatoms. The first-order valence-electron chi connectivity index (χ1n) is 9.08. The number of rotatable bonds is 4. The molecular formula is C22H17BrN2O3S. The first-order valence-corrected chi connectivity index (χ1v) is 10.7. The van der Waals surface area contributed by atoms with E-state index in [1.807, 2.05) is 42.5 Å². The zero-order valence-corrected chi connectivity index (χ0v) is 18.0. The lowest BCUT2D eigenvalue weighted by Crippen LogP contribution is -2.23. The fourth-order valence-corrected chi connectivity index (χ4v) is 4.71. The van der Waals surface area contributed by atoms with Crippen molar-refractivity contribution in [3.05, 3.63) is 75.5 Å². The Hall–Kier alpha value is -2.77. The van der Waals surface area contributed by atoms with Gasteiger partial charge in [0.25, 0.3) is 5.91 Å². The lowest BCUT2D eigenvalue weighted by atomic mass is 10.1. The standard InChI is InChI=1S/C22H17BrN2O3S/c1-2-28-19(26)13-25-18-11-10-14-6-3-4-9-17(14)20(18)29-22(25)24-21(27)15-7-5-8-16(23)12-15/h3-12H,2,13H2,1H3. The molecule has 0 radical (unpaired) electrons. The highest BCUT2D eigenvalue weighted by atomic mass is 79.9. The van der Waals surface area contributed by atoms with Gasteiger partial charge in [-0.2, -0.15) is 4.99 Å². The maximum Gasteiger partial charge on any atom is 0.326 e. The number of aromatic nitrogens is 1. The first-order chi connectivity index (χ1) is 14.1. The number of thiazole rings is 1. The smallest absolute Gasteiger partial charge is 0.326 e. The summed E-state index contributed by atoms with van der Waals surface area (Å²) in [7, 11) is 0. The number of benzene rings is 3. The number of carbonyl (C=O) groups is 2. The molecule has 1 amide bonds. The second kappa shape index (κ2) is 8.31. The summed E-state index contributed by atoms with van der Waals surface area (Å²) in [4.78, 5) is 29.8. The Bertz CT molecular complexity index is 1310. The van der Waals surface area contributed by atoms with Crippen LogP contribution in [0.25, 0.3) is 21.0 Å². The quantitative estimate of drug-likeness (QED) is 0.399. The summed E-state index contributed by atoms with van der Waals surface area (Å²) in [6.07, 6.45) is 0. The predicted molar refractivity (Wildman–Crippen MR) is 118 cm³/mol. The van der Waals surface area contributed by atoms with Crippen LogP contribution in [0.3, 0.4) is 0 Å². The number of halogens is 1. The van der Waals surface area contributed by atoms with Gasteiger partial charge >= 0.3 is 5.97 Å². The highest BCUT2D eigenvalue weighted by Gasteiger charge is 2.14. The fourth-order valence-electron chi connectivity index (χ4n) is 3.15. The average molecular weight is 469 g/mol. The van der Waals surface area contributed by atoms with Crippen LogP contribution < -0.4 is 4.80 Å². The second-order valence-corrected chi connectivity index (χ2v) is 8.23. The van der Waals surface area contributed by atoms with E-state index in [2.05, 4.69) is 20.9 Å². The number of esters is 1. The van der Waals surface area contributed by atoms with Gasteiger partial charge in [0, 0.05) is 15.4 Å². The number of nitrogens with zero attached hydrogens (tertiary/aromatic N) is 2. The molecule has 0 saturated carbocycles. The van der Waals surface area contributed by atoms with Gasteiger partial charge in [-0.25, -0.2) is 0 Å². The van der Waals surface area contributed by atoms with Crippen molar-refractivity contribution in [1.82, 2.24) is 4.57 Å². The minimum atomic E-state index is -0.364. The van der Waals surface area contributed by atoms with Gasteiger partial charge in [0.2, 0.25) is 0 Å². The second-order valence-electron chi connectivity index (χ2n) is 6.34. The molecule has 0 N–H and O–H groups in total. The predicted octanol–water partition coefficient (Wildman–Crippen LogP) is 4.92. The number of hydrogen-bond donors (Lipinski definition) is 0. The van der Waals surface area contributed by atoms with Crippen molar-refractivity contribution in [3.8, 4) is 0 Å². The molecule has 3 aromatic carbocycles. The molecule has 4 aromatic rings. The SMILES string of the molecule is CCOC(=O)Cn1c(=NC(=O)c2cccc(Br)c2)sc2c3ccccc3ccc21. The molecule has 0 spiro atoms. The Kier molecular flexibility index (Phi) is 5.60. The maximum absolute atomic E-state index is 12.8. The van der Waals surface area contributed by atoms with Gasteiger partial charge in [-0.05, 0) is 36.6 Å². The van der Waals surface area contributed by atoms with E-state index in [4.69, 9.17) is 4.74 Å². The third-order valence-electron chi connectivity index (χ3n) is 4.44. The van der Waals surface area contributed by atoms with Crippen LogP contribution in [0.5, 0.6) is 0 Å². The number of ether oxygens (including phenoxy) is 1. The molecule has 5 nitrogen and oxygen atoms in total. The largest absolute Gasteiger partial charge is 0.465 e. The molecule has 0 bridgehead atoms. The van der Waals surface area contributed by atoms with E-state index in [9.17, 15) is 9.59 Å². The van der Waals surface area contributed by atoms with Crippen molar-refractivity contribution in [2.45, 2.75) is 13.5 Å². The third kappa shape index (κ3) is 4.02.